The van der Waals surface area contributed by atoms with Crippen molar-refractivity contribution in [1.29, 1.82) is 0 Å². The zero-order chi connectivity index (χ0) is 14.9. The third-order valence-corrected chi connectivity index (χ3v) is 4.63. The van der Waals surface area contributed by atoms with Crippen LogP contribution in [0, 0.1) is 0 Å². The fraction of sp³-hybridized carbons (Fsp3) is 0.583. The van der Waals surface area contributed by atoms with E-state index in [1.54, 1.807) is 30.3 Å². The van der Waals surface area contributed by atoms with Gasteiger partial charge in [0.1, 0.15) is 24.4 Å². The van der Waals surface area contributed by atoms with E-state index in [1.165, 1.54) is 11.8 Å². The standard InChI is InChI=1S/C12H14N6O3S/c1-19-8-6-21-9-7(5-20-10(8)9)18-12(15-16-17-18)22-11-13-3-2-4-14-11/h2-4,7-10H,5-6H2,1H3/t7-,8+,9+,10+/m0/s1. The number of hydrogen-bond donors (Lipinski definition) is 0. The molecule has 4 heterocycles. The minimum absolute atomic E-state index is 0.0416. The smallest absolute Gasteiger partial charge is 0.217 e. The van der Waals surface area contributed by atoms with Crippen LogP contribution in [-0.2, 0) is 14.2 Å². The maximum absolute atomic E-state index is 5.82. The first kappa shape index (κ1) is 14.0. The Morgan fingerprint density at radius 3 is 2.86 bits per heavy atom. The molecule has 4 atom stereocenters. The summed E-state index contributed by atoms with van der Waals surface area (Å²) in [4.78, 5) is 8.35. The number of hydrogen-bond acceptors (Lipinski definition) is 9. The van der Waals surface area contributed by atoms with Crippen molar-refractivity contribution in [2.45, 2.75) is 34.7 Å². The lowest BCUT2D eigenvalue weighted by atomic mass is 10.1. The molecule has 0 unspecified atom stereocenters. The Kier molecular flexibility index (Phi) is 3.74. The molecule has 0 saturated carbocycles. The summed E-state index contributed by atoms with van der Waals surface area (Å²) in [6, 6.07) is 1.69. The average Bonchev–Trinajstić information content (AvgIpc) is 3.24. The maximum atomic E-state index is 5.82. The van der Waals surface area contributed by atoms with E-state index in [0.717, 1.165) is 0 Å². The first-order chi connectivity index (χ1) is 10.9. The van der Waals surface area contributed by atoms with Gasteiger partial charge in [0.2, 0.25) is 5.16 Å². The molecular weight excluding hydrogens is 308 g/mol. The van der Waals surface area contributed by atoms with Gasteiger partial charge in [-0.3, -0.25) is 0 Å². The summed E-state index contributed by atoms with van der Waals surface area (Å²) in [7, 11) is 1.66. The van der Waals surface area contributed by atoms with E-state index < -0.39 is 0 Å². The predicted molar refractivity (Wildman–Crippen MR) is 73.3 cm³/mol. The second kappa shape index (κ2) is 5.88. The fourth-order valence-electron chi connectivity index (χ4n) is 2.74. The lowest BCUT2D eigenvalue weighted by molar-refractivity contribution is -0.00928. The zero-order valence-electron chi connectivity index (χ0n) is 11.8. The molecule has 116 valence electrons. The predicted octanol–water partition coefficient (Wildman–Crippen LogP) is -0.0320. The second-order valence-electron chi connectivity index (χ2n) is 4.98. The normalized spacial score (nSPS) is 30.6. The van der Waals surface area contributed by atoms with Crippen molar-refractivity contribution in [3.8, 4) is 0 Å². The van der Waals surface area contributed by atoms with Gasteiger partial charge in [0.15, 0.2) is 5.16 Å². The van der Waals surface area contributed by atoms with Gasteiger partial charge >= 0.3 is 0 Å². The summed E-state index contributed by atoms with van der Waals surface area (Å²) in [6.07, 6.45) is 3.14. The van der Waals surface area contributed by atoms with Crippen LogP contribution in [0.2, 0.25) is 0 Å². The lowest BCUT2D eigenvalue weighted by Crippen LogP contribution is -2.31. The van der Waals surface area contributed by atoms with E-state index in [-0.39, 0.29) is 24.4 Å². The number of tetrazole rings is 1. The topological polar surface area (TPSA) is 97.1 Å². The van der Waals surface area contributed by atoms with Gasteiger partial charge in [-0.2, -0.15) is 0 Å². The fourth-order valence-corrected chi connectivity index (χ4v) is 3.47. The molecule has 0 N–H and O–H groups in total. The number of nitrogens with zero attached hydrogens (tertiary/aromatic N) is 6. The van der Waals surface area contributed by atoms with Gasteiger partial charge < -0.3 is 14.2 Å². The Labute approximate surface area is 130 Å². The third kappa shape index (κ3) is 2.37. The summed E-state index contributed by atoms with van der Waals surface area (Å²) in [5.41, 5.74) is 0. The van der Waals surface area contributed by atoms with Crippen LogP contribution in [0.5, 0.6) is 0 Å². The van der Waals surface area contributed by atoms with E-state index in [4.69, 9.17) is 14.2 Å². The summed E-state index contributed by atoms with van der Waals surface area (Å²) >= 11 is 1.31. The summed E-state index contributed by atoms with van der Waals surface area (Å²) in [6.45, 7) is 1.01. The van der Waals surface area contributed by atoms with Crippen LogP contribution in [0.3, 0.4) is 0 Å². The molecule has 2 aromatic heterocycles. The molecule has 2 fully saturated rings. The van der Waals surface area contributed by atoms with Crippen LogP contribution in [0.25, 0.3) is 0 Å². The molecule has 0 aromatic carbocycles. The Morgan fingerprint density at radius 1 is 1.23 bits per heavy atom. The molecule has 2 aliphatic rings. The Hall–Kier alpha value is -1.62. The SMILES string of the molecule is CO[C@@H]1CO[C@H]2[C@@H]1OC[C@@H]2n1nnnc1Sc1ncccn1. The van der Waals surface area contributed by atoms with Gasteiger partial charge in [0.05, 0.1) is 13.2 Å². The van der Waals surface area contributed by atoms with E-state index >= 15 is 0 Å². The molecular formula is C12H14N6O3S. The highest BCUT2D eigenvalue weighted by Gasteiger charge is 2.49. The van der Waals surface area contributed by atoms with Gasteiger partial charge in [0, 0.05) is 19.5 Å². The van der Waals surface area contributed by atoms with Crippen LogP contribution >= 0.6 is 11.8 Å². The highest BCUT2D eigenvalue weighted by Crippen LogP contribution is 2.36. The maximum Gasteiger partial charge on any atom is 0.217 e. The van der Waals surface area contributed by atoms with Crippen molar-refractivity contribution in [2.24, 2.45) is 0 Å². The van der Waals surface area contributed by atoms with Crippen molar-refractivity contribution in [3.05, 3.63) is 18.5 Å². The van der Waals surface area contributed by atoms with Crippen LogP contribution in [-0.4, -0.2) is 68.8 Å². The number of fused-ring (bicyclic) bond motifs is 1. The van der Waals surface area contributed by atoms with Crippen molar-refractivity contribution in [1.82, 2.24) is 30.2 Å². The van der Waals surface area contributed by atoms with Crippen LogP contribution < -0.4 is 0 Å². The quantitative estimate of drug-likeness (QED) is 0.719. The van der Waals surface area contributed by atoms with Gasteiger partial charge in [0.25, 0.3) is 0 Å². The average molecular weight is 322 g/mol. The molecule has 10 heteroatoms. The number of methoxy groups -OCH3 is 1. The van der Waals surface area contributed by atoms with Crippen LogP contribution in [0.4, 0.5) is 0 Å². The summed E-state index contributed by atoms with van der Waals surface area (Å²) in [5, 5.41) is 13.1. The molecule has 4 rings (SSSR count). The van der Waals surface area contributed by atoms with Gasteiger partial charge in [-0.25, -0.2) is 14.6 Å². The third-order valence-electron chi connectivity index (χ3n) is 3.79. The van der Waals surface area contributed by atoms with Crippen LogP contribution in [0.1, 0.15) is 6.04 Å². The molecule has 0 bridgehead atoms. The van der Waals surface area contributed by atoms with E-state index in [2.05, 4.69) is 25.5 Å². The molecule has 9 nitrogen and oxygen atoms in total. The van der Waals surface area contributed by atoms with Crippen molar-refractivity contribution >= 4 is 11.8 Å². The lowest BCUT2D eigenvalue weighted by Gasteiger charge is -2.16. The molecule has 2 aliphatic heterocycles. The molecule has 0 aliphatic carbocycles. The van der Waals surface area contributed by atoms with Crippen molar-refractivity contribution in [3.63, 3.8) is 0 Å². The molecule has 2 saturated heterocycles. The Balaban J connectivity index is 1.56. The zero-order valence-corrected chi connectivity index (χ0v) is 12.6. The number of aromatic nitrogens is 6. The molecule has 2 aromatic rings. The summed E-state index contributed by atoms with van der Waals surface area (Å²) < 4.78 is 18.7. The van der Waals surface area contributed by atoms with Gasteiger partial charge in [-0.1, -0.05) is 0 Å². The van der Waals surface area contributed by atoms with Gasteiger partial charge in [-0.15, -0.1) is 5.10 Å². The van der Waals surface area contributed by atoms with E-state index in [9.17, 15) is 0 Å². The Morgan fingerprint density at radius 2 is 2.05 bits per heavy atom. The summed E-state index contributed by atoms with van der Waals surface area (Å²) in [5.74, 6) is 0. The van der Waals surface area contributed by atoms with Gasteiger partial charge in [-0.05, 0) is 28.3 Å². The highest BCUT2D eigenvalue weighted by atomic mass is 32.2. The molecule has 0 radical (unpaired) electrons. The molecule has 0 spiro atoms. The highest BCUT2D eigenvalue weighted by molar-refractivity contribution is 7.99. The number of rotatable bonds is 4. The molecule has 22 heavy (non-hydrogen) atoms. The minimum atomic E-state index is -0.107. The largest absolute Gasteiger partial charge is 0.376 e. The number of ether oxygens (including phenoxy) is 3. The van der Waals surface area contributed by atoms with Crippen LogP contribution in [0.15, 0.2) is 28.8 Å². The van der Waals surface area contributed by atoms with Crippen molar-refractivity contribution < 1.29 is 14.2 Å². The first-order valence-electron chi connectivity index (χ1n) is 6.85. The minimum Gasteiger partial charge on any atom is -0.376 e. The monoisotopic (exact) mass is 322 g/mol. The van der Waals surface area contributed by atoms with Crippen molar-refractivity contribution in [2.75, 3.05) is 20.3 Å². The second-order valence-corrected chi connectivity index (χ2v) is 5.91. The molecule has 0 amide bonds. The first-order valence-corrected chi connectivity index (χ1v) is 7.67. The Bertz CT molecular complexity index is 641. The van der Waals surface area contributed by atoms with E-state index in [0.29, 0.717) is 23.5 Å². The van der Waals surface area contributed by atoms with E-state index in [1.807, 2.05) is 0 Å².